The normalized spacial score (nSPS) is 11.6. The van der Waals surface area contributed by atoms with Gasteiger partial charge in [-0.1, -0.05) is 45.9 Å². The third kappa shape index (κ3) is 8.50. The lowest BCUT2D eigenvalue weighted by Gasteiger charge is -2.29. The van der Waals surface area contributed by atoms with E-state index in [1.807, 2.05) is 38.1 Å². The molecule has 0 spiro atoms. The van der Waals surface area contributed by atoms with Crippen LogP contribution in [0.1, 0.15) is 47.1 Å². The van der Waals surface area contributed by atoms with Gasteiger partial charge in [-0.25, -0.2) is 13.4 Å². The second-order valence-electron chi connectivity index (χ2n) is 7.31. The summed E-state index contributed by atoms with van der Waals surface area (Å²) in [6, 6.07) is 7.62. The summed E-state index contributed by atoms with van der Waals surface area (Å²) in [6.45, 7) is 14.5. The van der Waals surface area contributed by atoms with Gasteiger partial charge in [-0.15, -0.1) is 0 Å². The molecule has 25 heavy (non-hydrogen) atoms. The minimum absolute atomic E-state index is 0.0467. The number of ether oxygens (including phenoxy) is 1. The van der Waals surface area contributed by atoms with Gasteiger partial charge in [0.25, 0.3) is 0 Å². The lowest BCUT2D eigenvalue weighted by molar-refractivity contribution is 0.171. The Morgan fingerprint density at radius 2 is 1.64 bits per heavy atom. The maximum absolute atomic E-state index is 11.8. The summed E-state index contributed by atoms with van der Waals surface area (Å²) in [5.41, 5.74) is 0.875. The van der Waals surface area contributed by atoms with Gasteiger partial charge in [0.1, 0.15) is 5.75 Å². The van der Waals surface area contributed by atoms with Crippen LogP contribution >= 0.6 is 12.1 Å². The van der Waals surface area contributed by atoms with E-state index in [4.69, 9.17) is 4.74 Å². The SMILES string of the molecule is CC(C)CN(CC(C)C)SN(Cc1ccccc1OC(C)C)C(=O)O. The first-order valence-corrected chi connectivity index (χ1v) is 9.60. The molecule has 1 aromatic rings. The first-order chi connectivity index (χ1) is 11.7. The van der Waals surface area contributed by atoms with Crippen LogP contribution in [0.4, 0.5) is 4.79 Å². The van der Waals surface area contributed by atoms with Crippen molar-refractivity contribution in [3.05, 3.63) is 29.8 Å². The Hall–Kier alpha value is -1.40. The smallest absolute Gasteiger partial charge is 0.418 e. The number of hydrogen-bond acceptors (Lipinski definition) is 4. The Balaban J connectivity index is 2.91. The molecule has 142 valence electrons. The molecule has 1 amide bonds. The summed E-state index contributed by atoms with van der Waals surface area (Å²) in [4.78, 5) is 11.8. The highest BCUT2D eigenvalue weighted by atomic mass is 32.2. The molecule has 1 rings (SSSR count). The quantitative estimate of drug-likeness (QED) is 0.580. The number of nitrogens with zero attached hydrogens (tertiary/aromatic N) is 2. The Bertz CT molecular complexity index is 525. The molecular formula is C19H32N2O3S. The van der Waals surface area contributed by atoms with Crippen molar-refractivity contribution < 1.29 is 14.6 Å². The molecule has 0 radical (unpaired) electrons. The van der Waals surface area contributed by atoms with E-state index < -0.39 is 6.09 Å². The third-order valence-electron chi connectivity index (χ3n) is 3.21. The molecule has 0 aliphatic heterocycles. The van der Waals surface area contributed by atoms with Gasteiger partial charge in [-0.05, 0) is 31.7 Å². The molecule has 5 nitrogen and oxygen atoms in total. The van der Waals surface area contributed by atoms with Crippen LogP contribution in [0.25, 0.3) is 0 Å². The number of carbonyl (C=O) groups is 1. The van der Waals surface area contributed by atoms with Gasteiger partial charge in [0.15, 0.2) is 0 Å². The molecule has 0 fully saturated rings. The summed E-state index contributed by atoms with van der Waals surface area (Å²) >= 11 is 1.29. The van der Waals surface area contributed by atoms with Crippen molar-refractivity contribution in [1.29, 1.82) is 0 Å². The summed E-state index contributed by atoms with van der Waals surface area (Å²) in [7, 11) is 0. The summed E-state index contributed by atoms with van der Waals surface area (Å²) in [5, 5.41) is 9.66. The second kappa shape index (κ2) is 10.6. The maximum atomic E-state index is 11.8. The van der Waals surface area contributed by atoms with Gasteiger partial charge < -0.3 is 9.84 Å². The van der Waals surface area contributed by atoms with E-state index in [0.717, 1.165) is 24.4 Å². The zero-order valence-electron chi connectivity index (χ0n) is 16.2. The van der Waals surface area contributed by atoms with E-state index in [2.05, 4.69) is 32.0 Å². The van der Waals surface area contributed by atoms with Gasteiger partial charge in [-0.2, -0.15) is 0 Å². The van der Waals surface area contributed by atoms with Gasteiger partial charge in [0.05, 0.1) is 12.6 Å². The highest BCUT2D eigenvalue weighted by Gasteiger charge is 2.21. The van der Waals surface area contributed by atoms with Gasteiger partial charge in [0, 0.05) is 30.8 Å². The Morgan fingerprint density at radius 1 is 1.08 bits per heavy atom. The van der Waals surface area contributed by atoms with Crippen LogP contribution in [-0.2, 0) is 6.54 Å². The van der Waals surface area contributed by atoms with E-state index in [1.54, 1.807) is 0 Å². The molecular weight excluding hydrogens is 336 g/mol. The van der Waals surface area contributed by atoms with Crippen LogP contribution in [0.3, 0.4) is 0 Å². The molecule has 0 heterocycles. The fourth-order valence-corrected chi connectivity index (χ4v) is 3.66. The number of rotatable bonds is 10. The fraction of sp³-hybridized carbons (Fsp3) is 0.632. The predicted molar refractivity (Wildman–Crippen MR) is 105 cm³/mol. The van der Waals surface area contributed by atoms with Gasteiger partial charge >= 0.3 is 6.09 Å². The molecule has 0 bridgehead atoms. The molecule has 0 aliphatic carbocycles. The number of amides is 1. The van der Waals surface area contributed by atoms with Crippen molar-refractivity contribution in [3.63, 3.8) is 0 Å². The number of carboxylic acid groups (broad SMARTS) is 1. The van der Waals surface area contributed by atoms with Crippen LogP contribution in [0.2, 0.25) is 0 Å². The van der Waals surface area contributed by atoms with Crippen molar-refractivity contribution >= 4 is 18.2 Å². The van der Waals surface area contributed by atoms with Crippen LogP contribution in [0.5, 0.6) is 5.75 Å². The molecule has 0 aromatic heterocycles. The molecule has 0 saturated carbocycles. The van der Waals surface area contributed by atoms with E-state index in [9.17, 15) is 9.90 Å². The van der Waals surface area contributed by atoms with Gasteiger partial charge in [-0.3, -0.25) is 0 Å². The van der Waals surface area contributed by atoms with Crippen LogP contribution in [-0.4, -0.2) is 39.0 Å². The highest BCUT2D eigenvalue weighted by Crippen LogP contribution is 2.27. The predicted octanol–water partition coefficient (Wildman–Crippen LogP) is 5.13. The zero-order valence-corrected chi connectivity index (χ0v) is 17.0. The summed E-state index contributed by atoms with van der Waals surface area (Å²) in [6.07, 6.45) is -0.896. The Labute approximate surface area is 156 Å². The summed E-state index contributed by atoms with van der Waals surface area (Å²) in [5.74, 6) is 1.68. The number of para-hydroxylation sites is 1. The highest BCUT2D eigenvalue weighted by molar-refractivity contribution is 7.95. The lowest BCUT2D eigenvalue weighted by atomic mass is 10.2. The van der Waals surface area contributed by atoms with Crippen LogP contribution < -0.4 is 4.74 Å². The summed E-state index contributed by atoms with van der Waals surface area (Å²) < 4.78 is 9.33. The topological polar surface area (TPSA) is 53.0 Å². The molecule has 0 saturated heterocycles. The Morgan fingerprint density at radius 3 is 2.12 bits per heavy atom. The average Bonchev–Trinajstić information content (AvgIpc) is 2.46. The number of benzene rings is 1. The minimum Gasteiger partial charge on any atom is -0.491 e. The maximum Gasteiger partial charge on any atom is 0.418 e. The monoisotopic (exact) mass is 368 g/mol. The average molecular weight is 369 g/mol. The Kier molecular flexibility index (Phi) is 9.14. The van der Waals surface area contributed by atoms with E-state index >= 15 is 0 Å². The van der Waals surface area contributed by atoms with Gasteiger partial charge in [0.2, 0.25) is 0 Å². The van der Waals surface area contributed by atoms with E-state index in [-0.39, 0.29) is 12.6 Å². The molecule has 0 unspecified atom stereocenters. The van der Waals surface area contributed by atoms with Crippen molar-refractivity contribution in [2.45, 2.75) is 54.2 Å². The number of hydrogen-bond donors (Lipinski definition) is 1. The first kappa shape index (κ1) is 21.6. The van der Waals surface area contributed by atoms with E-state index in [0.29, 0.717) is 11.8 Å². The fourth-order valence-electron chi connectivity index (χ4n) is 2.38. The largest absolute Gasteiger partial charge is 0.491 e. The van der Waals surface area contributed by atoms with Crippen molar-refractivity contribution in [3.8, 4) is 5.75 Å². The van der Waals surface area contributed by atoms with E-state index in [1.165, 1.54) is 16.4 Å². The van der Waals surface area contributed by atoms with Crippen LogP contribution in [0.15, 0.2) is 24.3 Å². The van der Waals surface area contributed by atoms with Crippen molar-refractivity contribution in [2.75, 3.05) is 13.1 Å². The van der Waals surface area contributed by atoms with Crippen molar-refractivity contribution in [1.82, 2.24) is 8.61 Å². The molecule has 1 N–H and O–H groups in total. The first-order valence-electron chi connectivity index (χ1n) is 8.87. The molecule has 1 aromatic carbocycles. The van der Waals surface area contributed by atoms with Crippen LogP contribution in [0, 0.1) is 11.8 Å². The third-order valence-corrected chi connectivity index (χ3v) is 4.23. The van der Waals surface area contributed by atoms with Crippen molar-refractivity contribution in [2.24, 2.45) is 11.8 Å². The molecule has 0 aliphatic rings. The molecule has 6 heteroatoms. The molecule has 0 atom stereocenters. The lowest BCUT2D eigenvalue weighted by Crippen LogP contribution is -2.33. The zero-order chi connectivity index (χ0) is 19.0. The second-order valence-corrected chi connectivity index (χ2v) is 8.43. The minimum atomic E-state index is -0.943. The standard InChI is InChI=1S/C19H32N2O3S/c1-14(2)11-20(12-15(3)4)25-21(19(22)23)13-17-9-7-8-10-18(17)24-16(5)6/h7-10,14-16H,11-13H2,1-6H3,(H,22,23).